The van der Waals surface area contributed by atoms with Gasteiger partial charge in [0.15, 0.2) is 0 Å². The van der Waals surface area contributed by atoms with Gasteiger partial charge in [0.25, 0.3) is 0 Å². The molecule has 90 valence electrons. The molecule has 0 aromatic heterocycles. The summed E-state index contributed by atoms with van der Waals surface area (Å²) in [6.07, 6.45) is 14.5. The predicted molar refractivity (Wildman–Crippen MR) is 68.2 cm³/mol. The lowest BCUT2D eigenvalue weighted by atomic mass is 9.93. The van der Waals surface area contributed by atoms with Crippen LogP contribution in [0.25, 0.3) is 0 Å². The summed E-state index contributed by atoms with van der Waals surface area (Å²) < 4.78 is 0. The predicted octanol–water partition coefficient (Wildman–Crippen LogP) is 4.13. The number of rotatable bonds is 8. The molecule has 1 aliphatic heterocycles. The van der Waals surface area contributed by atoms with E-state index in [1.807, 2.05) is 0 Å². The van der Waals surface area contributed by atoms with Crippen LogP contribution in [0, 0.1) is 5.92 Å². The van der Waals surface area contributed by atoms with Gasteiger partial charge in [0.05, 0.1) is 0 Å². The maximum Gasteiger partial charge on any atom is -0.00205 e. The Kier molecular flexibility index (Phi) is 7.99. The minimum atomic E-state index is 0.995. The van der Waals surface area contributed by atoms with Gasteiger partial charge in [0.2, 0.25) is 0 Å². The van der Waals surface area contributed by atoms with Crippen LogP contribution in [0.4, 0.5) is 0 Å². The SMILES string of the molecule is CCCCCCCCCC1CCCNC1. The average Bonchev–Trinajstić information content (AvgIpc) is 2.29. The van der Waals surface area contributed by atoms with Crippen LogP contribution in [0.3, 0.4) is 0 Å². The van der Waals surface area contributed by atoms with Gasteiger partial charge in [0.1, 0.15) is 0 Å². The summed E-state index contributed by atoms with van der Waals surface area (Å²) in [4.78, 5) is 0. The first-order valence-electron chi connectivity index (χ1n) is 7.14. The van der Waals surface area contributed by atoms with E-state index in [-0.39, 0.29) is 0 Å². The summed E-state index contributed by atoms with van der Waals surface area (Å²) in [6, 6.07) is 0. The Morgan fingerprint density at radius 3 is 2.40 bits per heavy atom. The third-order valence-electron chi connectivity index (χ3n) is 3.61. The van der Waals surface area contributed by atoms with Crippen molar-refractivity contribution in [3.63, 3.8) is 0 Å². The second-order valence-electron chi connectivity index (χ2n) is 5.12. The quantitative estimate of drug-likeness (QED) is 0.595. The molecule has 15 heavy (non-hydrogen) atoms. The molecule has 0 aromatic rings. The Bertz CT molecular complexity index is 127. The van der Waals surface area contributed by atoms with Crippen LogP contribution in [0.1, 0.15) is 71.1 Å². The van der Waals surface area contributed by atoms with Crippen molar-refractivity contribution in [1.82, 2.24) is 5.32 Å². The Hall–Kier alpha value is -0.0400. The van der Waals surface area contributed by atoms with E-state index in [0.717, 1.165) is 5.92 Å². The molecule has 1 nitrogen and oxygen atoms in total. The van der Waals surface area contributed by atoms with Crippen LogP contribution in [0.5, 0.6) is 0 Å². The summed E-state index contributed by atoms with van der Waals surface area (Å²) in [7, 11) is 0. The zero-order valence-corrected chi connectivity index (χ0v) is 10.6. The molecule has 1 saturated heterocycles. The summed E-state index contributed by atoms with van der Waals surface area (Å²) in [5.41, 5.74) is 0. The highest BCUT2D eigenvalue weighted by molar-refractivity contribution is 4.68. The molecule has 0 aliphatic carbocycles. The first kappa shape index (κ1) is 13.0. The van der Waals surface area contributed by atoms with Crippen molar-refractivity contribution >= 4 is 0 Å². The fraction of sp³-hybridized carbons (Fsp3) is 1.00. The van der Waals surface area contributed by atoms with Crippen molar-refractivity contribution < 1.29 is 0 Å². The van der Waals surface area contributed by atoms with E-state index in [0.29, 0.717) is 0 Å². The maximum atomic E-state index is 3.50. The zero-order valence-electron chi connectivity index (χ0n) is 10.6. The van der Waals surface area contributed by atoms with Gasteiger partial charge >= 0.3 is 0 Å². The molecule has 0 spiro atoms. The van der Waals surface area contributed by atoms with E-state index in [1.54, 1.807) is 0 Å². The third-order valence-corrected chi connectivity index (χ3v) is 3.61. The Morgan fingerprint density at radius 1 is 1.00 bits per heavy atom. The number of unbranched alkanes of at least 4 members (excludes halogenated alkanes) is 6. The Morgan fingerprint density at radius 2 is 1.73 bits per heavy atom. The molecular weight excluding hydrogens is 182 g/mol. The zero-order chi connectivity index (χ0) is 10.8. The number of hydrogen-bond acceptors (Lipinski definition) is 1. The van der Waals surface area contributed by atoms with E-state index < -0.39 is 0 Å². The molecule has 1 atom stereocenters. The van der Waals surface area contributed by atoms with Crippen LogP contribution in [0.15, 0.2) is 0 Å². The summed E-state index contributed by atoms with van der Waals surface area (Å²) in [5, 5.41) is 3.50. The molecule has 1 fully saturated rings. The smallest absolute Gasteiger partial charge is 0.00205 e. The van der Waals surface area contributed by atoms with E-state index in [2.05, 4.69) is 12.2 Å². The minimum Gasteiger partial charge on any atom is -0.316 e. The second kappa shape index (κ2) is 9.21. The molecular formula is C14H29N. The number of piperidine rings is 1. The average molecular weight is 211 g/mol. The van der Waals surface area contributed by atoms with Gasteiger partial charge in [-0.05, 0) is 38.3 Å². The molecule has 1 aliphatic rings. The first-order valence-corrected chi connectivity index (χ1v) is 7.14. The minimum absolute atomic E-state index is 0.995. The Labute approximate surface area is 96.0 Å². The van der Waals surface area contributed by atoms with Gasteiger partial charge in [-0.1, -0.05) is 51.9 Å². The number of hydrogen-bond donors (Lipinski definition) is 1. The third kappa shape index (κ3) is 6.94. The maximum absolute atomic E-state index is 3.50. The lowest BCUT2D eigenvalue weighted by Gasteiger charge is -2.22. The van der Waals surface area contributed by atoms with E-state index in [1.165, 1.54) is 77.3 Å². The molecule has 1 rings (SSSR count). The molecule has 0 saturated carbocycles. The van der Waals surface area contributed by atoms with Crippen LogP contribution in [0.2, 0.25) is 0 Å². The summed E-state index contributed by atoms with van der Waals surface area (Å²) in [5.74, 6) is 0.995. The molecule has 1 N–H and O–H groups in total. The molecule has 1 unspecified atom stereocenters. The molecule has 0 bridgehead atoms. The van der Waals surface area contributed by atoms with Gasteiger partial charge < -0.3 is 5.32 Å². The van der Waals surface area contributed by atoms with Gasteiger partial charge in [-0.25, -0.2) is 0 Å². The fourth-order valence-corrected chi connectivity index (χ4v) is 2.56. The Balaban J connectivity index is 1.79. The second-order valence-corrected chi connectivity index (χ2v) is 5.12. The van der Waals surface area contributed by atoms with Crippen molar-refractivity contribution in [3.8, 4) is 0 Å². The van der Waals surface area contributed by atoms with Crippen LogP contribution in [-0.2, 0) is 0 Å². The van der Waals surface area contributed by atoms with Gasteiger partial charge in [-0.3, -0.25) is 0 Å². The topological polar surface area (TPSA) is 12.0 Å². The lowest BCUT2D eigenvalue weighted by Crippen LogP contribution is -2.29. The highest BCUT2D eigenvalue weighted by Gasteiger charge is 2.11. The van der Waals surface area contributed by atoms with E-state index in [9.17, 15) is 0 Å². The van der Waals surface area contributed by atoms with Crippen molar-refractivity contribution in [2.24, 2.45) is 5.92 Å². The van der Waals surface area contributed by atoms with E-state index >= 15 is 0 Å². The van der Waals surface area contributed by atoms with Gasteiger partial charge in [-0.2, -0.15) is 0 Å². The standard InChI is InChI=1S/C14H29N/c1-2-3-4-5-6-7-8-10-14-11-9-12-15-13-14/h14-15H,2-13H2,1H3. The molecule has 1 heterocycles. The lowest BCUT2D eigenvalue weighted by molar-refractivity contribution is 0.345. The van der Waals surface area contributed by atoms with Gasteiger partial charge in [-0.15, -0.1) is 0 Å². The molecule has 0 aromatic carbocycles. The molecule has 0 radical (unpaired) electrons. The van der Waals surface area contributed by atoms with Crippen molar-refractivity contribution in [1.29, 1.82) is 0 Å². The van der Waals surface area contributed by atoms with Crippen molar-refractivity contribution in [3.05, 3.63) is 0 Å². The number of nitrogens with one attached hydrogen (secondary N) is 1. The highest BCUT2D eigenvalue weighted by atomic mass is 14.9. The largest absolute Gasteiger partial charge is 0.316 e. The highest BCUT2D eigenvalue weighted by Crippen LogP contribution is 2.18. The molecule has 0 amide bonds. The van der Waals surface area contributed by atoms with Crippen LogP contribution >= 0.6 is 0 Å². The summed E-state index contributed by atoms with van der Waals surface area (Å²) in [6.45, 7) is 4.83. The van der Waals surface area contributed by atoms with Crippen molar-refractivity contribution in [2.75, 3.05) is 13.1 Å². The van der Waals surface area contributed by atoms with Crippen LogP contribution in [-0.4, -0.2) is 13.1 Å². The normalized spacial score (nSPS) is 21.8. The van der Waals surface area contributed by atoms with E-state index in [4.69, 9.17) is 0 Å². The van der Waals surface area contributed by atoms with Crippen LogP contribution < -0.4 is 5.32 Å². The monoisotopic (exact) mass is 211 g/mol. The fourth-order valence-electron chi connectivity index (χ4n) is 2.56. The summed E-state index contributed by atoms with van der Waals surface area (Å²) >= 11 is 0. The van der Waals surface area contributed by atoms with Gasteiger partial charge in [0, 0.05) is 0 Å². The van der Waals surface area contributed by atoms with Crippen molar-refractivity contribution in [2.45, 2.75) is 71.1 Å². The first-order chi connectivity index (χ1) is 7.43. The molecule has 1 heteroatoms.